The lowest BCUT2D eigenvalue weighted by Gasteiger charge is -2.29. The number of hydrogen-bond acceptors (Lipinski definition) is 4. The maximum atomic E-state index is 4.72. The third-order valence-electron chi connectivity index (χ3n) is 7.64. The fraction of sp³-hybridized carbons (Fsp3) is 0.152. The molecule has 0 aliphatic carbocycles. The molecule has 1 fully saturated rings. The minimum Gasteiger partial charge on any atom is -0.371 e. The molecule has 1 aliphatic rings. The number of anilines is 2. The minimum atomic E-state index is 0.838. The smallest absolute Gasteiger partial charge is 0.116 e. The van der Waals surface area contributed by atoms with E-state index in [9.17, 15) is 0 Å². The Balaban J connectivity index is 1.22. The number of aromatic amines is 2. The van der Waals surface area contributed by atoms with E-state index in [0.29, 0.717) is 0 Å². The van der Waals surface area contributed by atoms with Gasteiger partial charge in [-0.15, -0.1) is 0 Å². The summed E-state index contributed by atoms with van der Waals surface area (Å²) in [6, 6.07) is 27.4. The van der Waals surface area contributed by atoms with E-state index in [1.54, 1.807) is 0 Å². The topological polar surface area (TPSA) is 72.6 Å². The highest BCUT2D eigenvalue weighted by molar-refractivity contribution is 6.01. The first-order valence-corrected chi connectivity index (χ1v) is 13.5. The van der Waals surface area contributed by atoms with Crippen LogP contribution in [0.4, 0.5) is 11.4 Å². The SMILES string of the molecule is C=C(Nc1cncc(-c2ccc3[nH]nc(-c4cc5c(N6CCCCC6)cccc5[nH]4)c3c2)c1)c1ccccc1. The Morgan fingerprint density at radius 3 is 2.54 bits per heavy atom. The normalized spacial score (nSPS) is 13.7. The predicted molar refractivity (Wildman–Crippen MR) is 162 cm³/mol. The molecule has 6 heteroatoms. The van der Waals surface area contributed by atoms with Crippen molar-refractivity contribution < 1.29 is 0 Å². The molecule has 0 unspecified atom stereocenters. The van der Waals surface area contributed by atoms with E-state index < -0.39 is 0 Å². The Morgan fingerprint density at radius 1 is 0.795 bits per heavy atom. The zero-order valence-electron chi connectivity index (χ0n) is 21.7. The summed E-state index contributed by atoms with van der Waals surface area (Å²) in [5.74, 6) is 0. The molecule has 6 nitrogen and oxygen atoms in total. The Bertz CT molecular complexity index is 1790. The molecule has 1 aliphatic heterocycles. The van der Waals surface area contributed by atoms with Gasteiger partial charge in [-0.05, 0) is 66.8 Å². The van der Waals surface area contributed by atoms with Gasteiger partial charge in [0.2, 0.25) is 0 Å². The molecule has 3 aromatic heterocycles. The highest BCUT2D eigenvalue weighted by Gasteiger charge is 2.17. The van der Waals surface area contributed by atoms with Gasteiger partial charge < -0.3 is 15.2 Å². The van der Waals surface area contributed by atoms with Crippen LogP contribution in [0.15, 0.2) is 97.8 Å². The van der Waals surface area contributed by atoms with Crippen molar-refractivity contribution in [2.45, 2.75) is 19.3 Å². The first kappa shape index (κ1) is 23.3. The predicted octanol–water partition coefficient (Wildman–Crippen LogP) is 7.85. The standard InChI is InChI=1S/C33H30N6/c1-22(23-9-4-2-5-10-23)35-26-17-25(20-34-21-26)24-13-14-30-28(18-24)33(38-37-30)31-19-27-29(36-31)11-8-12-32(27)39-15-6-3-7-16-39/h2,4-5,8-14,17-21,35-36H,1,3,6-7,15-16H2,(H,37,38). The van der Waals surface area contributed by atoms with Crippen molar-refractivity contribution in [1.82, 2.24) is 20.2 Å². The molecule has 0 saturated carbocycles. The Morgan fingerprint density at radius 2 is 1.67 bits per heavy atom. The van der Waals surface area contributed by atoms with Crippen molar-refractivity contribution >= 4 is 38.9 Å². The molecule has 3 aromatic carbocycles. The van der Waals surface area contributed by atoms with Crippen LogP contribution in [-0.4, -0.2) is 33.3 Å². The first-order chi connectivity index (χ1) is 19.2. The molecule has 1 saturated heterocycles. The number of nitrogens with one attached hydrogen (secondary N) is 3. The maximum Gasteiger partial charge on any atom is 0.116 e. The number of rotatable bonds is 6. The average Bonchev–Trinajstić information content (AvgIpc) is 3.62. The molecule has 4 heterocycles. The van der Waals surface area contributed by atoms with E-state index in [2.05, 4.69) is 80.4 Å². The summed E-state index contributed by atoms with van der Waals surface area (Å²) in [7, 11) is 0. The Hall–Kier alpha value is -4.84. The number of nitrogens with zero attached hydrogens (tertiary/aromatic N) is 3. The summed E-state index contributed by atoms with van der Waals surface area (Å²) in [5.41, 5.74) is 10.3. The number of benzene rings is 3. The molecule has 0 bridgehead atoms. The van der Waals surface area contributed by atoms with Gasteiger partial charge in [0.25, 0.3) is 0 Å². The zero-order valence-corrected chi connectivity index (χ0v) is 21.7. The number of hydrogen-bond donors (Lipinski definition) is 3. The first-order valence-electron chi connectivity index (χ1n) is 13.5. The van der Waals surface area contributed by atoms with Crippen LogP contribution in [-0.2, 0) is 0 Å². The van der Waals surface area contributed by atoms with E-state index in [1.165, 1.54) is 30.3 Å². The van der Waals surface area contributed by atoms with E-state index in [4.69, 9.17) is 5.10 Å². The van der Waals surface area contributed by atoms with E-state index >= 15 is 0 Å². The van der Waals surface area contributed by atoms with Gasteiger partial charge >= 0.3 is 0 Å². The summed E-state index contributed by atoms with van der Waals surface area (Å²) < 4.78 is 0. The van der Waals surface area contributed by atoms with Crippen LogP contribution in [0.1, 0.15) is 24.8 Å². The van der Waals surface area contributed by atoms with Crippen molar-refractivity contribution in [3.05, 3.63) is 103 Å². The molecular weight excluding hydrogens is 480 g/mol. The van der Waals surface area contributed by atoms with Crippen LogP contribution >= 0.6 is 0 Å². The lowest BCUT2D eigenvalue weighted by molar-refractivity contribution is 0.579. The third kappa shape index (κ3) is 4.44. The summed E-state index contributed by atoms with van der Waals surface area (Å²) in [6.07, 6.45) is 7.55. The lowest BCUT2D eigenvalue weighted by atomic mass is 10.0. The summed E-state index contributed by atoms with van der Waals surface area (Å²) in [5, 5.41) is 13.7. The van der Waals surface area contributed by atoms with Gasteiger partial charge in [-0.25, -0.2) is 0 Å². The van der Waals surface area contributed by atoms with Crippen molar-refractivity contribution in [3.8, 4) is 22.5 Å². The maximum absolute atomic E-state index is 4.72. The van der Waals surface area contributed by atoms with Gasteiger partial charge in [-0.3, -0.25) is 10.1 Å². The second kappa shape index (κ2) is 9.80. The van der Waals surface area contributed by atoms with Crippen molar-refractivity contribution in [3.63, 3.8) is 0 Å². The molecular formula is C33H30N6. The van der Waals surface area contributed by atoms with E-state index in [-0.39, 0.29) is 0 Å². The summed E-state index contributed by atoms with van der Waals surface area (Å²) >= 11 is 0. The molecule has 39 heavy (non-hydrogen) atoms. The second-order valence-electron chi connectivity index (χ2n) is 10.2. The Kier molecular flexibility index (Phi) is 5.85. The van der Waals surface area contributed by atoms with Crippen molar-refractivity contribution in [2.75, 3.05) is 23.3 Å². The van der Waals surface area contributed by atoms with Crippen molar-refractivity contribution in [2.24, 2.45) is 0 Å². The molecule has 0 amide bonds. The minimum absolute atomic E-state index is 0.838. The molecule has 6 aromatic rings. The molecule has 192 valence electrons. The Labute approximate surface area is 227 Å². The molecule has 0 radical (unpaired) electrons. The van der Waals surface area contributed by atoms with Crippen LogP contribution in [0.5, 0.6) is 0 Å². The van der Waals surface area contributed by atoms with Crippen LogP contribution < -0.4 is 10.2 Å². The van der Waals surface area contributed by atoms with Crippen LogP contribution in [0.3, 0.4) is 0 Å². The van der Waals surface area contributed by atoms with Gasteiger partial charge in [0.15, 0.2) is 0 Å². The summed E-state index contributed by atoms with van der Waals surface area (Å²) in [4.78, 5) is 10.7. The number of aromatic nitrogens is 4. The molecule has 3 N–H and O–H groups in total. The fourth-order valence-corrected chi connectivity index (χ4v) is 5.63. The number of fused-ring (bicyclic) bond motifs is 2. The van der Waals surface area contributed by atoms with Gasteiger partial charge in [-0.1, -0.05) is 49.0 Å². The largest absolute Gasteiger partial charge is 0.371 e. The fourth-order valence-electron chi connectivity index (χ4n) is 5.63. The highest BCUT2D eigenvalue weighted by Crippen LogP contribution is 2.36. The quantitative estimate of drug-likeness (QED) is 0.213. The molecule has 0 atom stereocenters. The van der Waals surface area contributed by atoms with Gasteiger partial charge in [-0.2, -0.15) is 5.10 Å². The average molecular weight is 511 g/mol. The van der Waals surface area contributed by atoms with E-state index in [1.807, 2.05) is 42.7 Å². The summed E-state index contributed by atoms with van der Waals surface area (Å²) in [6.45, 7) is 6.44. The lowest BCUT2D eigenvalue weighted by Crippen LogP contribution is -2.29. The van der Waals surface area contributed by atoms with Gasteiger partial charge in [0, 0.05) is 52.5 Å². The molecule has 0 spiro atoms. The van der Waals surface area contributed by atoms with E-state index in [0.717, 1.165) is 69.0 Å². The number of H-pyrrole nitrogens is 2. The highest BCUT2D eigenvalue weighted by atomic mass is 15.1. The van der Waals surface area contributed by atoms with Crippen LogP contribution in [0.25, 0.3) is 50.0 Å². The number of pyridine rings is 1. The van der Waals surface area contributed by atoms with Crippen molar-refractivity contribution in [1.29, 1.82) is 0 Å². The van der Waals surface area contributed by atoms with Crippen LogP contribution in [0, 0.1) is 0 Å². The monoisotopic (exact) mass is 510 g/mol. The number of piperidine rings is 1. The third-order valence-corrected chi connectivity index (χ3v) is 7.64. The van der Waals surface area contributed by atoms with Crippen LogP contribution in [0.2, 0.25) is 0 Å². The second-order valence-corrected chi connectivity index (χ2v) is 10.2. The molecule has 7 rings (SSSR count). The van der Waals surface area contributed by atoms with Gasteiger partial charge in [0.1, 0.15) is 5.69 Å². The van der Waals surface area contributed by atoms with Gasteiger partial charge in [0.05, 0.1) is 23.1 Å². The zero-order chi connectivity index (χ0) is 26.2.